The fraction of sp³-hybridized carbons (Fsp3) is 0.952. The highest BCUT2D eigenvalue weighted by Crippen LogP contribution is 2.28. The summed E-state index contributed by atoms with van der Waals surface area (Å²) >= 11 is 0. The summed E-state index contributed by atoms with van der Waals surface area (Å²) in [6.45, 7) is 8.80. The molecule has 0 aliphatic heterocycles. The molecule has 0 aliphatic rings. The minimum Gasteiger partial charge on any atom is -0.481 e. The van der Waals surface area contributed by atoms with E-state index in [4.69, 9.17) is 0 Å². The molecular weight excluding hydrogens is 312 g/mol. The van der Waals surface area contributed by atoms with Crippen molar-refractivity contribution >= 4 is 14.0 Å². The molecule has 0 aliphatic carbocycles. The SMILES string of the molecule is CCCCCCCCCCCCCCCCC(C(=O)O)[Si](C)(C)C. The first-order chi connectivity index (χ1) is 11.4. The number of carboxylic acid groups (broad SMARTS) is 1. The molecule has 0 saturated heterocycles. The van der Waals surface area contributed by atoms with Crippen LogP contribution in [0, 0.1) is 0 Å². The van der Waals surface area contributed by atoms with Crippen molar-refractivity contribution in [3.63, 3.8) is 0 Å². The minimum absolute atomic E-state index is 0.0603. The van der Waals surface area contributed by atoms with Gasteiger partial charge < -0.3 is 5.11 Å². The van der Waals surface area contributed by atoms with Crippen molar-refractivity contribution < 1.29 is 9.90 Å². The molecule has 0 saturated carbocycles. The van der Waals surface area contributed by atoms with E-state index in [-0.39, 0.29) is 5.54 Å². The second kappa shape index (κ2) is 15.0. The van der Waals surface area contributed by atoms with E-state index in [0.29, 0.717) is 0 Å². The molecule has 0 bridgehead atoms. The first-order valence-electron chi connectivity index (χ1n) is 10.6. The van der Waals surface area contributed by atoms with Gasteiger partial charge in [-0.05, 0) is 6.42 Å². The summed E-state index contributed by atoms with van der Waals surface area (Å²) in [7, 11) is -1.55. The molecule has 0 fully saturated rings. The lowest BCUT2D eigenvalue weighted by atomic mass is 10.0. The topological polar surface area (TPSA) is 37.3 Å². The van der Waals surface area contributed by atoms with Gasteiger partial charge in [0.2, 0.25) is 0 Å². The van der Waals surface area contributed by atoms with Crippen LogP contribution in [-0.2, 0) is 4.79 Å². The lowest BCUT2D eigenvalue weighted by Crippen LogP contribution is -2.33. The Labute approximate surface area is 152 Å². The molecule has 3 heteroatoms. The standard InChI is InChI=1S/C21H44O2Si/c1-5-6-7-8-9-10-11-12-13-14-15-16-17-18-19-20(21(22)23)24(2,3)4/h20H,5-19H2,1-4H3,(H,22,23). The van der Waals surface area contributed by atoms with Crippen molar-refractivity contribution in [1.82, 2.24) is 0 Å². The second-order valence-electron chi connectivity index (χ2n) is 8.64. The Hall–Kier alpha value is -0.313. The predicted molar refractivity (Wildman–Crippen MR) is 110 cm³/mol. The average molecular weight is 357 g/mol. The van der Waals surface area contributed by atoms with E-state index in [1.165, 1.54) is 83.5 Å². The number of carbonyl (C=O) groups is 1. The van der Waals surface area contributed by atoms with Gasteiger partial charge in [-0.25, -0.2) is 0 Å². The molecule has 0 radical (unpaired) electrons. The average Bonchev–Trinajstić information content (AvgIpc) is 2.49. The third-order valence-electron chi connectivity index (χ3n) is 5.19. The third-order valence-corrected chi connectivity index (χ3v) is 7.82. The molecule has 1 unspecified atom stereocenters. The van der Waals surface area contributed by atoms with E-state index in [0.717, 1.165) is 12.8 Å². The maximum absolute atomic E-state index is 11.3. The fourth-order valence-corrected chi connectivity index (χ4v) is 5.28. The Kier molecular flexibility index (Phi) is 14.8. The number of unbranched alkanes of at least 4 members (excludes halogenated alkanes) is 13. The summed E-state index contributed by atoms with van der Waals surface area (Å²) in [4.78, 5) is 11.3. The van der Waals surface area contributed by atoms with Crippen molar-refractivity contribution in [2.24, 2.45) is 0 Å². The van der Waals surface area contributed by atoms with Crippen LogP contribution in [0.25, 0.3) is 0 Å². The predicted octanol–water partition coefficient (Wildman–Crippen LogP) is 7.65. The van der Waals surface area contributed by atoms with E-state index in [2.05, 4.69) is 26.6 Å². The van der Waals surface area contributed by atoms with Gasteiger partial charge in [-0.15, -0.1) is 0 Å². The molecule has 0 aromatic heterocycles. The molecule has 1 N–H and O–H groups in total. The summed E-state index contributed by atoms with van der Waals surface area (Å²) in [6.07, 6.45) is 19.9. The monoisotopic (exact) mass is 356 g/mol. The van der Waals surface area contributed by atoms with Gasteiger partial charge in [-0.3, -0.25) is 4.79 Å². The largest absolute Gasteiger partial charge is 0.481 e. The Balaban J connectivity index is 3.35. The summed E-state index contributed by atoms with van der Waals surface area (Å²) in [5.41, 5.74) is -0.0603. The molecule has 2 nitrogen and oxygen atoms in total. The van der Waals surface area contributed by atoms with Crippen LogP contribution < -0.4 is 0 Å². The molecule has 0 heterocycles. The van der Waals surface area contributed by atoms with Crippen molar-refractivity contribution in [3.05, 3.63) is 0 Å². The summed E-state index contributed by atoms with van der Waals surface area (Å²) in [6, 6.07) is 0. The van der Waals surface area contributed by atoms with Crippen molar-refractivity contribution in [3.8, 4) is 0 Å². The molecule has 0 aromatic rings. The van der Waals surface area contributed by atoms with E-state index in [9.17, 15) is 9.90 Å². The van der Waals surface area contributed by atoms with Crippen LogP contribution in [0.1, 0.15) is 103 Å². The van der Waals surface area contributed by atoms with E-state index in [1.54, 1.807) is 0 Å². The number of rotatable bonds is 17. The third kappa shape index (κ3) is 14.1. The molecule has 0 rings (SSSR count). The second-order valence-corrected chi connectivity index (χ2v) is 14.1. The van der Waals surface area contributed by atoms with Gasteiger partial charge in [0.25, 0.3) is 0 Å². The van der Waals surface area contributed by atoms with Gasteiger partial charge >= 0.3 is 5.97 Å². The highest BCUT2D eigenvalue weighted by Gasteiger charge is 2.31. The lowest BCUT2D eigenvalue weighted by molar-refractivity contribution is -0.137. The van der Waals surface area contributed by atoms with Crippen LogP contribution in [0.2, 0.25) is 25.2 Å². The van der Waals surface area contributed by atoms with E-state index in [1.807, 2.05) is 0 Å². The number of carboxylic acids is 1. The van der Waals surface area contributed by atoms with Crippen LogP contribution in [0.3, 0.4) is 0 Å². The Bertz CT molecular complexity index is 297. The number of hydrogen-bond donors (Lipinski definition) is 1. The zero-order chi connectivity index (χ0) is 18.3. The maximum atomic E-state index is 11.3. The Morgan fingerprint density at radius 1 is 0.708 bits per heavy atom. The van der Waals surface area contributed by atoms with Crippen LogP contribution in [-0.4, -0.2) is 19.1 Å². The lowest BCUT2D eigenvalue weighted by Gasteiger charge is -2.24. The van der Waals surface area contributed by atoms with Gasteiger partial charge in [0, 0.05) is 0 Å². The first-order valence-corrected chi connectivity index (χ1v) is 14.2. The van der Waals surface area contributed by atoms with Crippen molar-refractivity contribution in [2.75, 3.05) is 0 Å². The molecule has 0 amide bonds. The molecule has 0 aromatic carbocycles. The number of aliphatic carboxylic acids is 1. The Morgan fingerprint density at radius 2 is 1.04 bits per heavy atom. The summed E-state index contributed by atoms with van der Waals surface area (Å²) < 4.78 is 0. The highest BCUT2D eigenvalue weighted by atomic mass is 28.3. The minimum atomic E-state index is -1.55. The summed E-state index contributed by atoms with van der Waals surface area (Å²) in [5, 5.41) is 9.35. The first kappa shape index (κ1) is 23.7. The number of hydrogen-bond acceptors (Lipinski definition) is 1. The maximum Gasteiger partial charge on any atom is 0.303 e. The van der Waals surface area contributed by atoms with Crippen LogP contribution in [0.4, 0.5) is 0 Å². The molecule has 1 atom stereocenters. The van der Waals surface area contributed by atoms with Crippen molar-refractivity contribution in [2.45, 2.75) is 128 Å². The van der Waals surface area contributed by atoms with Gasteiger partial charge in [0.15, 0.2) is 0 Å². The zero-order valence-electron chi connectivity index (χ0n) is 17.0. The zero-order valence-corrected chi connectivity index (χ0v) is 18.0. The van der Waals surface area contributed by atoms with Crippen LogP contribution >= 0.6 is 0 Å². The Morgan fingerprint density at radius 3 is 1.33 bits per heavy atom. The smallest absolute Gasteiger partial charge is 0.303 e. The summed E-state index contributed by atoms with van der Waals surface area (Å²) in [5.74, 6) is -0.566. The van der Waals surface area contributed by atoms with Gasteiger partial charge in [0.05, 0.1) is 13.6 Å². The highest BCUT2D eigenvalue weighted by molar-refractivity contribution is 6.80. The van der Waals surface area contributed by atoms with Gasteiger partial charge in [-0.2, -0.15) is 0 Å². The van der Waals surface area contributed by atoms with E-state index < -0.39 is 14.0 Å². The van der Waals surface area contributed by atoms with Crippen LogP contribution in [0.15, 0.2) is 0 Å². The molecule has 0 spiro atoms. The quantitative estimate of drug-likeness (QED) is 0.214. The fourth-order valence-electron chi connectivity index (χ4n) is 3.47. The molecule has 24 heavy (non-hydrogen) atoms. The van der Waals surface area contributed by atoms with Gasteiger partial charge in [-0.1, -0.05) is 116 Å². The van der Waals surface area contributed by atoms with E-state index >= 15 is 0 Å². The van der Waals surface area contributed by atoms with Crippen LogP contribution in [0.5, 0.6) is 0 Å². The molecular formula is C21H44O2Si. The molecule has 144 valence electrons. The normalized spacial score (nSPS) is 13.2. The van der Waals surface area contributed by atoms with Gasteiger partial charge in [0.1, 0.15) is 0 Å². The van der Waals surface area contributed by atoms with Crippen molar-refractivity contribution in [1.29, 1.82) is 0 Å².